The van der Waals surface area contributed by atoms with Crippen molar-refractivity contribution in [2.45, 2.75) is 32.7 Å². The third kappa shape index (κ3) is 6.59. The Labute approximate surface area is 150 Å². The molecular weight excluding hydrogens is 312 g/mol. The fourth-order valence-corrected chi connectivity index (χ4v) is 2.71. The lowest BCUT2D eigenvalue weighted by molar-refractivity contribution is 0.200. The topological polar surface area (TPSA) is 61.4 Å². The molecule has 134 valence electrons. The summed E-state index contributed by atoms with van der Waals surface area (Å²) in [6.45, 7) is 4.70. The summed E-state index contributed by atoms with van der Waals surface area (Å²) in [5.41, 5.74) is 2.13. The molecule has 0 spiro atoms. The lowest BCUT2D eigenvalue weighted by atomic mass is 9.90. The summed E-state index contributed by atoms with van der Waals surface area (Å²) < 4.78 is 0. The number of rotatable bonds is 8. The largest absolute Gasteiger partial charge is 0.396 e. The van der Waals surface area contributed by atoms with Crippen molar-refractivity contribution in [2.75, 3.05) is 13.2 Å². The summed E-state index contributed by atoms with van der Waals surface area (Å²) in [5.74, 6) is 0. The summed E-state index contributed by atoms with van der Waals surface area (Å²) in [7, 11) is 0. The minimum absolute atomic E-state index is 0.0930. The smallest absolute Gasteiger partial charge is 0.315 e. The molecule has 0 saturated carbocycles. The van der Waals surface area contributed by atoms with E-state index in [1.807, 2.05) is 62.4 Å². The van der Waals surface area contributed by atoms with E-state index in [-0.39, 0.29) is 24.1 Å². The number of hydrogen-bond acceptors (Lipinski definition) is 2. The average Bonchev–Trinajstić information content (AvgIpc) is 2.61. The van der Waals surface area contributed by atoms with Gasteiger partial charge in [0.2, 0.25) is 0 Å². The lowest BCUT2D eigenvalue weighted by Crippen LogP contribution is -2.42. The van der Waals surface area contributed by atoms with E-state index >= 15 is 0 Å². The van der Waals surface area contributed by atoms with Crippen molar-refractivity contribution >= 4 is 6.03 Å². The zero-order valence-corrected chi connectivity index (χ0v) is 15.0. The van der Waals surface area contributed by atoms with Gasteiger partial charge in [0.05, 0.1) is 6.04 Å². The van der Waals surface area contributed by atoms with E-state index in [0.717, 1.165) is 12.0 Å². The zero-order chi connectivity index (χ0) is 18.1. The minimum atomic E-state index is -0.184. The van der Waals surface area contributed by atoms with Gasteiger partial charge >= 0.3 is 6.03 Å². The minimum Gasteiger partial charge on any atom is -0.396 e. The van der Waals surface area contributed by atoms with Gasteiger partial charge in [-0.2, -0.15) is 0 Å². The Morgan fingerprint density at radius 1 is 1.04 bits per heavy atom. The molecule has 0 aliphatic heterocycles. The Bertz CT molecular complexity index is 641. The fraction of sp³-hybridized carbons (Fsp3) is 0.381. The van der Waals surface area contributed by atoms with Crippen molar-refractivity contribution in [2.24, 2.45) is 5.41 Å². The van der Waals surface area contributed by atoms with Crippen LogP contribution in [0.4, 0.5) is 4.79 Å². The van der Waals surface area contributed by atoms with Crippen LogP contribution in [0.1, 0.15) is 37.4 Å². The molecule has 0 fully saturated rings. The first kappa shape index (κ1) is 19.0. The highest BCUT2D eigenvalue weighted by atomic mass is 16.3. The molecule has 2 aromatic rings. The molecule has 0 radical (unpaired) electrons. The molecule has 2 rings (SSSR count). The van der Waals surface area contributed by atoms with Crippen LogP contribution >= 0.6 is 0 Å². The van der Waals surface area contributed by atoms with Crippen LogP contribution in [-0.2, 0) is 6.42 Å². The van der Waals surface area contributed by atoms with Crippen LogP contribution in [-0.4, -0.2) is 24.3 Å². The summed E-state index contributed by atoms with van der Waals surface area (Å²) in [5, 5.41) is 15.1. The van der Waals surface area contributed by atoms with Gasteiger partial charge in [-0.1, -0.05) is 74.5 Å². The van der Waals surface area contributed by atoms with Crippen LogP contribution in [0.2, 0.25) is 0 Å². The van der Waals surface area contributed by atoms with Gasteiger partial charge in [-0.15, -0.1) is 0 Å². The summed E-state index contributed by atoms with van der Waals surface area (Å²) >= 11 is 0. The van der Waals surface area contributed by atoms with Crippen molar-refractivity contribution in [1.82, 2.24) is 10.6 Å². The second-order valence-corrected chi connectivity index (χ2v) is 7.12. The molecular formula is C21H28N2O2. The number of nitrogens with one attached hydrogen (secondary N) is 2. The third-order valence-corrected chi connectivity index (χ3v) is 4.31. The molecule has 0 aliphatic carbocycles. The Kier molecular flexibility index (Phi) is 7.02. The molecule has 1 atom stereocenters. The van der Waals surface area contributed by atoms with E-state index in [1.165, 1.54) is 5.56 Å². The van der Waals surface area contributed by atoms with E-state index < -0.39 is 0 Å². The van der Waals surface area contributed by atoms with E-state index in [4.69, 9.17) is 5.11 Å². The molecule has 0 heterocycles. The third-order valence-electron chi connectivity index (χ3n) is 4.31. The van der Waals surface area contributed by atoms with Crippen LogP contribution in [0.25, 0.3) is 0 Å². The monoisotopic (exact) mass is 340 g/mol. The predicted molar refractivity (Wildman–Crippen MR) is 101 cm³/mol. The molecule has 25 heavy (non-hydrogen) atoms. The highest BCUT2D eigenvalue weighted by Gasteiger charge is 2.20. The van der Waals surface area contributed by atoms with Crippen molar-refractivity contribution in [3.05, 3.63) is 71.8 Å². The number of urea groups is 1. The van der Waals surface area contributed by atoms with Gasteiger partial charge in [0.15, 0.2) is 0 Å². The lowest BCUT2D eigenvalue weighted by Gasteiger charge is -2.25. The molecule has 0 aliphatic rings. The van der Waals surface area contributed by atoms with Gasteiger partial charge in [0, 0.05) is 13.2 Å². The number of carbonyl (C=O) groups excluding carboxylic acids is 1. The highest BCUT2D eigenvalue weighted by molar-refractivity contribution is 5.74. The maximum absolute atomic E-state index is 12.4. The van der Waals surface area contributed by atoms with Crippen molar-refractivity contribution in [1.29, 1.82) is 0 Å². The quantitative estimate of drug-likeness (QED) is 0.686. The molecule has 3 N–H and O–H groups in total. The van der Waals surface area contributed by atoms with Gasteiger partial charge < -0.3 is 15.7 Å². The summed E-state index contributed by atoms with van der Waals surface area (Å²) in [6, 6.07) is 19.9. The van der Waals surface area contributed by atoms with Crippen molar-refractivity contribution < 1.29 is 9.90 Å². The zero-order valence-electron chi connectivity index (χ0n) is 15.0. The molecule has 2 aromatic carbocycles. The van der Waals surface area contributed by atoms with Crippen molar-refractivity contribution in [3.8, 4) is 0 Å². The van der Waals surface area contributed by atoms with Crippen LogP contribution in [0.15, 0.2) is 60.7 Å². The fourth-order valence-electron chi connectivity index (χ4n) is 2.71. The number of benzene rings is 2. The molecule has 0 bridgehead atoms. The standard InChI is InChI=1S/C21H28N2O2/c1-21(2,13-14-24)16-22-20(25)23-19(18-11-7-4-8-12-18)15-17-9-5-3-6-10-17/h3-12,19,24H,13-16H2,1-2H3,(H2,22,23,25). The molecule has 0 saturated heterocycles. The first-order chi connectivity index (χ1) is 12.0. The van der Waals surface area contributed by atoms with Crippen LogP contribution in [0, 0.1) is 5.41 Å². The van der Waals surface area contributed by atoms with Gasteiger partial charge in [0.25, 0.3) is 0 Å². The van der Waals surface area contributed by atoms with Gasteiger partial charge in [-0.3, -0.25) is 0 Å². The van der Waals surface area contributed by atoms with Crippen LogP contribution < -0.4 is 10.6 Å². The predicted octanol–water partition coefficient (Wildman–Crippen LogP) is 3.68. The van der Waals surface area contributed by atoms with Gasteiger partial charge in [-0.05, 0) is 29.4 Å². The molecule has 4 nitrogen and oxygen atoms in total. The number of aliphatic hydroxyl groups excluding tert-OH is 1. The van der Waals surface area contributed by atoms with E-state index in [0.29, 0.717) is 13.0 Å². The molecule has 2 amide bonds. The Balaban J connectivity index is 2.02. The Morgan fingerprint density at radius 3 is 2.24 bits per heavy atom. The first-order valence-corrected chi connectivity index (χ1v) is 8.74. The summed E-state index contributed by atoms with van der Waals surface area (Å²) in [6.07, 6.45) is 1.39. The molecule has 4 heteroatoms. The molecule has 0 aromatic heterocycles. The van der Waals surface area contributed by atoms with E-state index in [2.05, 4.69) is 22.8 Å². The van der Waals surface area contributed by atoms with Crippen LogP contribution in [0.3, 0.4) is 0 Å². The van der Waals surface area contributed by atoms with Gasteiger partial charge in [0.1, 0.15) is 0 Å². The normalized spacial score (nSPS) is 12.4. The van der Waals surface area contributed by atoms with E-state index in [9.17, 15) is 4.79 Å². The Morgan fingerprint density at radius 2 is 1.64 bits per heavy atom. The Hall–Kier alpha value is -2.33. The van der Waals surface area contributed by atoms with Crippen molar-refractivity contribution in [3.63, 3.8) is 0 Å². The van der Waals surface area contributed by atoms with Gasteiger partial charge in [-0.25, -0.2) is 4.79 Å². The SMILES string of the molecule is CC(C)(CCO)CNC(=O)NC(Cc1ccccc1)c1ccccc1. The number of amides is 2. The summed E-state index contributed by atoms with van der Waals surface area (Å²) in [4.78, 5) is 12.4. The second-order valence-electron chi connectivity index (χ2n) is 7.12. The average molecular weight is 340 g/mol. The maximum atomic E-state index is 12.4. The first-order valence-electron chi connectivity index (χ1n) is 8.74. The number of carbonyl (C=O) groups is 1. The molecule has 1 unspecified atom stereocenters. The number of aliphatic hydroxyl groups is 1. The number of hydrogen-bond donors (Lipinski definition) is 3. The highest BCUT2D eigenvalue weighted by Crippen LogP contribution is 2.20. The van der Waals surface area contributed by atoms with Crippen LogP contribution in [0.5, 0.6) is 0 Å². The second kappa shape index (κ2) is 9.23. The maximum Gasteiger partial charge on any atom is 0.315 e. The van der Waals surface area contributed by atoms with E-state index in [1.54, 1.807) is 0 Å².